The monoisotopic (exact) mass is 455 g/mol. The molecule has 1 aromatic rings. The third-order valence-electron chi connectivity index (χ3n) is 5.86. The lowest BCUT2D eigenvalue weighted by Gasteiger charge is -2.22. The van der Waals surface area contributed by atoms with E-state index in [4.69, 9.17) is 0 Å². The highest BCUT2D eigenvalue weighted by Gasteiger charge is 2.41. The third kappa shape index (κ3) is 6.23. The SMILES string of the molecule is CC.CC(C)C(C)C(=O)N1Cc2ccc(C(F)(F)F)cc2C1.O=C1NC(=O)C(C2CC2)N1. The molecule has 32 heavy (non-hydrogen) atoms. The van der Waals surface area contributed by atoms with Crippen molar-refractivity contribution in [3.8, 4) is 0 Å². The van der Waals surface area contributed by atoms with Crippen molar-refractivity contribution >= 4 is 17.8 Å². The lowest BCUT2D eigenvalue weighted by molar-refractivity contribution is -0.137. The van der Waals surface area contributed by atoms with E-state index in [0.29, 0.717) is 18.0 Å². The van der Waals surface area contributed by atoms with Gasteiger partial charge in [-0.05, 0) is 47.9 Å². The van der Waals surface area contributed by atoms with Gasteiger partial charge in [0.15, 0.2) is 0 Å². The Balaban J connectivity index is 0.000000251. The van der Waals surface area contributed by atoms with Crippen molar-refractivity contribution in [2.24, 2.45) is 17.8 Å². The fraction of sp³-hybridized carbons (Fsp3) is 0.609. The number of urea groups is 1. The molecule has 1 saturated carbocycles. The van der Waals surface area contributed by atoms with Crippen molar-refractivity contribution in [2.45, 2.75) is 72.8 Å². The molecule has 2 fully saturated rings. The van der Waals surface area contributed by atoms with Crippen LogP contribution < -0.4 is 10.6 Å². The second kappa shape index (κ2) is 10.4. The zero-order valence-electron chi connectivity index (χ0n) is 19.2. The van der Waals surface area contributed by atoms with E-state index in [1.54, 1.807) is 4.90 Å². The summed E-state index contributed by atoms with van der Waals surface area (Å²) in [7, 11) is 0. The topological polar surface area (TPSA) is 78.5 Å². The lowest BCUT2D eigenvalue weighted by Crippen LogP contribution is -2.32. The Kier molecular flexibility index (Phi) is 8.31. The molecule has 1 saturated heterocycles. The molecule has 4 rings (SSSR count). The van der Waals surface area contributed by atoms with Crippen LogP contribution in [0.1, 0.15) is 64.2 Å². The number of halogens is 3. The summed E-state index contributed by atoms with van der Waals surface area (Å²) in [5, 5.41) is 4.77. The van der Waals surface area contributed by atoms with Crippen LogP contribution in [0.2, 0.25) is 0 Å². The van der Waals surface area contributed by atoms with Gasteiger partial charge >= 0.3 is 12.2 Å². The average molecular weight is 456 g/mol. The van der Waals surface area contributed by atoms with Crippen LogP contribution in [-0.4, -0.2) is 28.8 Å². The van der Waals surface area contributed by atoms with Crippen molar-refractivity contribution in [1.29, 1.82) is 0 Å². The Hall–Kier alpha value is -2.58. The van der Waals surface area contributed by atoms with Crippen molar-refractivity contribution in [2.75, 3.05) is 0 Å². The maximum Gasteiger partial charge on any atom is 0.416 e. The Labute approximate surface area is 186 Å². The normalized spacial score (nSPS) is 20.4. The van der Waals surface area contributed by atoms with Gasteiger partial charge in [-0.25, -0.2) is 4.79 Å². The molecule has 6 nitrogen and oxygen atoms in total. The molecule has 0 spiro atoms. The van der Waals surface area contributed by atoms with Gasteiger partial charge in [-0.1, -0.05) is 40.7 Å². The summed E-state index contributed by atoms with van der Waals surface area (Å²) in [4.78, 5) is 35.3. The molecular formula is C23H32F3N3O3. The van der Waals surface area contributed by atoms with Crippen LogP contribution in [0.4, 0.5) is 18.0 Å². The average Bonchev–Trinajstić information content (AvgIpc) is 3.39. The number of amides is 4. The van der Waals surface area contributed by atoms with Crippen molar-refractivity contribution in [3.05, 3.63) is 34.9 Å². The van der Waals surface area contributed by atoms with E-state index >= 15 is 0 Å². The van der Waals surface area contributed by atoms with Gasteiger partial charge in [-0.15, -0.1) is 0 Å². The van der Waals surface area contributed by atoms with Gasteiger partial charge in [0, 0.05) is 19.0 Å². The van der Waals surface area contributed by atoms with Crippen LogP contribution in [0.25, 0.3) is 0 Å². The van der Waals surface area contributed by atoms with E-state index in [2.05, 4.69) is 10.6 Å². The van der Waals surface area contributed by atoms with Crippen LogP contribution >= 0.6 is 0 Å². The zero-order valence-corrected chi connectivity index (χ0v) is 19.2. The number of carbonyl (C=O) groups excluding carboxylic acids is 3. The number of imide groups is 1. The highest BCUT2D eigenvalue weighted by atomic mass is 19.4. The number of fused-ring (bicyclic) bond motifs is 1. The quantitative estimate of drug-likeness (QED) is 0.660. The fourth-order valence-electron chi connectivity index (χ4n) is 3.49. The number of rotatable bonds is 3. The number of nitrogens with one attached hydrogen (secondary N) is 2. The summed E-state index contributed by atoms with van der Waals surface area (Å²) in [6, 6.07) is 3.14. The Morgan fingerprint density at radius 3 is 2.12 bits per heavy atom. The first-order valence-electron chi connectivity index (χ1n) is 11.1. The van der Waals surface area contributed by atoms with Crippen LogP contribution in [-0.2, 0) is 28.9 Å². The zero-order chi connectivity index (χ0) is 24.2. The van der Waals surface area contributed by atoms with Gasteiger partial charge in [-0.3, -0.25) is 14.9 Å². The molecular weight excluding hydrogens is 423 g/mol. The number of benzene rings is 1. The number of nitrogens with zero attached hydrogens (tertiary/aromatic N) is 1. The second-order valence-electron chi connectivity index (χ2n) is 8.49. The summed E-state index contributed by atoms with van der Waals surface area (Å²) < 4.78 is 38.0. The van der Waals surface area contributed by atoms with E-state index in [9.17, 15) is 27.6 Å². The minimum Gasteiger partial charge on any atom is -0.334 e. The first-order valence-corrected chi connectivity index (χ1v) is 11.1. The molecule has 0 aromatic heterocycles. The summed E-state index contributed by atoms with van der Waals surface area (Å²) in [6.45, 7) is 10.5. The predicted octanol–water partition coefficient (Wildman–Crippen LogP) is 4.47. The van der Waals surface area contributed by atoms with Crippen molar-refractivity contribution < 1.29 is 27.6 Å². The Morgan fingerprint density at radius 2 is 1.66 bits per heavy atom. The highest BCUT2D eigenvalue weighted by molar-refractivity contribution is 6.04. The van der Waals surface area contributed by atoms with Crippen LogP contribution in [0, 0.1) is 17.8 Å². The minimum absolute atomic E-state index is 0.00441. The van der Waals surface area contributed by atoms with Gasteiger partial charge < -0.3 is 10.2 Å². The molecule has 2 N–H and O–H groups in total. The van der Waals surface area contributed by atoms with Gasteiger partial charge in [-0.2, -0.15) is 13.2 Å². The maximum atomic E-state index is 12.7. The molecule has 0 bridgehead atoms. The molecule has 2 unspecified atom stereocenters. The number of hydrogen-bond donors (Lipinski definition) is 2. The number of alkyl halides is 3. The molecule has 4 amide bonds. The lowest BCUT2D eigenvalue weighted by atomic mass is 9.97. The largest absolute Gasteiger partial charge is 0.416 e. The van der Waals surface area contributed by atoms with Crippen LogP contribution in [0.5, 0.6) is 0 Å². The summed E-state index contributed by atoms with van der Waals surface area (Å²) in [5.74, 6) is 0.354. The van der Waals surface area contributed by atoms with E-state index < -0.39 is 11.7 Å². The van der Waals surface area contributed by atoms with E-state index in [-0.39, 0.29) is 42.3 Å². The van der Waals surface area contributed by atoms with E-state index in [0.717, 1.165) is 30.5 Å². The molecule has 2 aliphatic heterocycles. The molecule has 2 atom stereocenters. The molecule has 3 aliphatic rings. The van der Waals surface area contributed by atoms with E-state index in [1.807, 2.05) is 34.6 Å². The van der Waals surface area contributed by atoms with Crippen LogP contribution in [0.15, 0.2) is 18.2 Å². The second-order valence-corrected chi connectivity index (χ2v) is 8.49. The van der Waals surface area contributed by atoms with Crippen LogP contribution in [0.3, 0.4) is 0 Å². The van der Waals surface area contributed by atoms with Crippen molar-refractivity contribution in [1.82, 2.24) is 15.5 Å². The van der Waals surface area contributed by atoms with Gasteiger partial charge in [0.05, 0.1) is 5.56 Å². The molecule has 1 aromatic carbocycles. The molecule has 1 aliphatic carbocycles. The molecule has 2 heterocycles. The van der Waals surface area contributed by atoms with Gasteiger partial charge in [0.2, 0.25) is 5.91 Å². The predicted molar refractivity (Wildman–Crippen MR) is 114 cm³/mol. The van der Waals surface area contributed by atoms with E-state index in [1.165, 1.54) is 6.07 Å². The number of hydrogen-bond acceptors (Lipinski definition) is 3. The van der Waals surface area contributed by atoms with Gasteiger partial charge in [0.1, 0.15) is 6.04 Å². The number of carbonyl (C=O) groups is 3. The summed E-state index contributed by atoms with van der Waals surface area (Å²) in [5.41, 5.74) is 0.758. The Morgan fingerprint density at radius 1 is 1.06 bits per heavy atom. The summed E-state index contributed by atoms with van der Waals surface area (Å²) >= 11 is 0. The first kappa shape index (κ1) is 25.7. The molecule has 0 radical (unpaired) electrons. The maximum absolute atomic E-state index is 12.7. The standard InChI is InChI=1S/C15H18F3NO.C6H8N2O2.C2H6/c1-9(2)10(3)14(20)19-7-11-4-5-13(15(16,17)18)6-12(11)8-19;9-5-4(3-1-2-3)7-6(10)8-5;1-2/h4-6,9-10H,7-8H2,1-3H3;3-4H,1-2H2,(H2,7,8,9,10);1-2H3. The smallest absolute Gasteiger partial charge is 0.334 e. The minimum atomic E-state index is -4.34. The third-order valence-corrected chi connectivity index (χ3v) is 5.86. The Bertz CT molecular complexity index is 851. The molecule has 9 heteroatoms. The first-order chi connectivity index (χ1) is 15.0. The molecule has 178 valence electrons. The van der Waals surface area contributed by atoms with Crippen molar-refractivity contribution in [3.63, 3.8) is 0 Å². The summed E-state index contributed by atoms with van der Waals surface area (Å²) in [6.07, 6.45) is -2.20. The highest BCUT2D eigenvalue weighted by Crippen LogP contribution is 2.34. The fourth-order valence-corrected chi connectivity index (χ4v) is 3.49. The van der Waals surface area contributed by atoms with Gasteiger partial charge in [0.25, 0.3) is 5.91 Å².